The Kier molecular flexibility index (Phi) is 7.19. The van der Waals surface area contributed by atoms with E-state index in [1.54, 1.807) is 0 Å². The molecule has 0 saturated heterocycles. The molecule has 116 valence electrons. The highest BCUT2D eigenvalue weighted by molar-refractivity contribution is 6.30. The Bertz CT molecular complexity index is 476. The summed E-state index contributed by atoms with van der Waals surface area (Å²) in [6, 6.07) is 7.12. The summed E-state index contributed by atoms with van der Waals surface area (Å²) >= 11 is 5.83. The molecule has 5 nitrogen and oxygen atoms in total. The fourth-order valence-electron chi connectivity index (χ4n) is 1.82. The first-order valence-electron chi connectivity index (χ1n) is 7.06. The number of urea groups is 1. The molecule has 3 N–H and O–H groups in total. The van der Waals surface area contributed by atoms with E-state index in [4.69, 9.17) is 11.6 Å². The van der Waals surface area contributed by atoms with Gasteiger partial charge in [-0.3, -0.25) is 10.1 Å². The second kappa shape index (κ2) is 8.64. The molecule has 1 aromatic rings. The van der Waals surface area contributed by atoms with Crippen LogP contribution in [0, 0.1) is 0 Å². The molecule has 6 heteroatoms. The van der Waals surface area contributed by atoms with E-state index < -0.39 is 6.03 Å². The van der Waals surface area contributed by atoms with E-state index in [1.165, 1.54) is 0 Å². The molecular formula is C15H23ClN3O2+. The Morgan fingerprint density at radius 2 is 1.90 bits per heavy atom. The number of hydrogen-bond acceptors (Lipinski definition) is 2. The molecular weight excluding hydrogens is 290 g/mol. The van der Waals surface area contributed by atoms with Crippen LogP contribution in [0.2, 0.25) is 5.02 Å². The predicted molar refractivity (Wildman–Crippen MR) is 83.3 cm³/mol. The van der Waals surface area contributed by atoms with Crippen molar-refractivity contribution in [3.05, 3.63) is 34.9 Å². The van der Waals surface area contributed by atoms with Crippen LogP contribution >= 0.6 is 11.6 Å². The van der Waals surface area contributed by atoms with Gasteiger partial charge >= 0.3 is 6.03 Å². The van der Waals surface area contributed by atoms with Crippen LogP contribution in [0.4, 0.5) is 4.79 Å². The zero-order valence-electron chi connectivity index (χ0n) is 12.7. The lowest BCUT2D eigenvalue weighted by Crippen LogP contribution is -3.09. The summed E-state index contributed by atoms with van der Waals surface area (Å²) in [5, 5.41) is 5.73. The number of carbonyl (C=O) groups is 2. The molecule has 21 heavy (non-hydrogen) atoms. The molecule has 0 radical (unpaired) electrons. The van der Waals surface area contributed by atoms with Gasteiger partial charge in [0.15, 0.2) is 6.54 Å². The number of benzene rings is 1. The molecule has 0 saturated carbocycles. The summed E-state index contributed by atoms with van der Waals surface area (Å²) in [4.78, 5) is 24.3. The van der Waals surface area contributed by atoms with Crippen LogP contribution in [0.5, 0.6) is 0 Å². The highest BCUT2D eigenvalue weighted by Crippen LogP contribution is 2.08. The highest BCUT2D eigenvalue weighted by atomic mass is 35.5. The second-order valence-electron chi connectivity index (χ2n) is 5.27. The number of quaternary nitrogens is 1. The van der Waals surface area contributed by atoms with E-state index in [1.807, 2.05) is 45.2 Å². The molecule has 1 aromatic carbocycles. The SMILES string of the molecule is CC[C@H](C)NC(=O)NC(=O)C[NH+](C)Cc1ccc(Cl)cc1. The third-order valence-electron chi connectivity index (χ3n) is 3.12. The van der Waals surface area contributed by atoms with Crippen LogP contribution in [0.1, 0.15) is 25.8 Å². The van der Waals surface area contributed by atoms with Gasteiger partial charge in [-0.05, 0) is 25.5 Å². The van der Waals surface area contributed by atoms with Gasteiger partial charge in [0.05, 0.1) is 7.05 Å². The molecule has 3 amide bonds. The third-order valence-corrected chi connectivity index (χ3v) is 3.38. The fraction of sp³-hybridized carbons (Fsp3) is 0.467. The van der Waals surface area contributed by atoms with Crippen molar-refractivity contribution in [1.82, 2.24) is 10.6 Å². The maximum absolute atomic E-state index is 11.8. The molecule has 0 aliphatic rings. The quantitative estimate of drug-likeness (QED) is 0.733. The Hall–Kier alpha value is -1.59. The van der Waals surface area contributed by atoms with Gasteiger partial charge in [0.25, 0.3) is 5.91 Å². The van der Waals surface area contributed by atoms with E-state index in [0.717, 1.165) is 16.9 Å². The van der Waals surface area contributed by atoms with Gasteiger partial charge in [-0.25, -0.2) is 4.79 Å². The molecule has 0 heterocycles. The summed E-state index contributed by atoms with van der Waals surface area (Å²) in [6.45, 7) is 4.78. The maximum atomic E-state index is 11.8. The van der Waals surface area contributed by atoms with Gasteiger partial charge in [-0.1, -0.05) is 30.7 Å². The largest absolute Gasteiger partial charge is 0.335 e. The normalized spacial score (nSPS) is 13.3. The first-order valence-corrected chi connectivity index (χ1v) is 7.44. The smallest absolute Gasteiger partial charge is 0.321 e. The van der Waals surface area contributed by atoms with E-state index >= 15 is 0 Å². The maximum Gasteiger partial charge on any atom is 0.321 e. The lowest BCUT2D eigenvalue weighted by atomic mass is 10.2. The van der Waals surface area contributed by atoms with Crippen LogP contribution < -0.4 is 15.5 Å². The van der Waals surface area contributed by atoms with Crippen LogP contribution in [-0.2, 0) is 11.3 Å². The topological polar surface area (TPSA) is 62.6 Å². The van der Waals surface area contributed by atoms with Crippen molar-refractivity contribution in [3.63, 3.8) is 0 Å². The molecule has 0 aromatic heterocycles. The Morgan fingerprint density at radius 1 is 1.29 bits per heavy atom. The van der Waals surface area contributed by atoms with Gasteiger partial charge in [-0.2, -0.15) is 0 Å². The van der Waals surface area contributed by atoms with Crippen molar-refractivity contribution >= 4 is 23.5 Å². The monoisotopic (exact) mass is 312 g/mol. The van der Waals surface area contributed by atoms with E-state index in [-0.39, 0.29) is 18.5 Å². The predicted octanol–water partition coefficient (Wildman–Crippen LogP) is 0.979. The number of imide groups is 1. The second-order valence-corrected chi connectivity index (χ2v) is 5.70. The van der Waals surface area contributed by atoms with Crippen LogP contribution in [0.15, 0.2) is 24.3 Å². The van der Waals surface area contributed by atoms with Gasteiger partial charge in [0, 0.05) is 16.6 Å². The number of halogens is 1. The molecule has 0 bridgehead atoms. The van der Waals surface area contributed by atoms with Crippen LogP contribution in [-0.4, -0.2) is 31.6 Å². The molecule has 0 fully saturated rings. The number of likely N-dealkylation sites (N-methyl/N-ethyl adjacent to an activating group) is 1. The average molecular weight is 313 g/mol. The van der Waals surface area contributed by atoms with Gasteiger partial charge in [0.2, 0.25) is 0 Å². The Morgan fingerprint density at radius 3 is 2.48 bits per heavy atom. The summed E-state index contributed by atoms with van der Waals surface area (Å²) in [5.41, 5.74) is 1.09. The molecule has 1 rings (SSSR count). The lowest BCUT2D eigenvalue weighted by Gasteiger charge is -2.15. The number of carbonyl (C=O) groups excluding carboxylic acids is 2. The van der Waals surface area contributed by atoms with E-state index in [9.17, 15) is 9.59 Å². The van der Waals surface area contributed by atoms with Crippen molar-refractivity contribution in [3.8, 4) is 0 Å². The van der Waals surface area contributed by atoms with Gasteiger partial charge in [0.1, 0.15) is 6.54 Å². The number of hydrogen-bond donors (Lipinski definition) is 3. The van der Waals surface area contributed by atoms with Crippen LogP contribution in [0.3, 0.4) is 0 Å². The molecule has 0 aliphatic heterocycles. The fourth-order valence-corrected chi connectivity index (χ4v) is 1.95. The molecule has 0 spiro atoms. The minimum atomic E-state index is -0.436. The van der Waals surface area contributed by atoms with Crippen molar-refractivity contribution in [1.29, 1.82) is 0 Å². The molecule has 2 atom stereocenters. The van der Waals surface area contributed by atoms with E-state index in [2.05, 4.69) is 10.6 Å². The van der Waals surface area contributed by atoms with Crippen molar-refractivity contribution in [2.75, 3.05) is 13.6 Å². The zero-order valence-corrected chi connectivity index (χ0v) is 13.5. The first kappa shape index (κ1) is 17.5. The molecule has 1 unspecified atom stereocenters. The highest BCUT2D eigenvalue weighted by Gasteiger charge is 2.14. The minimum Gasteiger partial charge on any atom is -0.335 e. The Balaban J connectivity index is 2.36. The summed E-state index contributed by atoms with van der Waals surface area (Å²) in [6.07, 6.45) is 0.823. The zero-order chi connectivity index (χ0) is 15.8. The Labute approximate surface area is 130 Å². The summed E-state index contributed by atoms with van der Waals surface area (Å²) < 4.78 is 0. The summed E-state index contributed by atoms with van der Waals surface area (Å²) in [5.74, 6) is -0.290. The first-order chi connectivity index (χ1) is 9.90. The minimum absolute atomic E-state index is 0.0527. The molecule has 0 aliphatic carbocycles. The number of amides is 3. The summed E-state index contributed by atoms with van der Waals surface area (Å²) in [7, 11) is 1.90. The average Bonchev–Trinajstić information content (AvgIpc) is 2.40. The van der Waals surface area contributed by atoms with Gasteiger partial charge < -0.3 is 10.2 Å². The number of rotatable bonds is 6. The van der Waals surface area contributed by atoms with Crippen molar-refractivity contribution in [2.45, 2.75) is 32.9 Å². The number of nitrogens with one attached hydrogen (secondary N) is 3. The van der Waals surface area contributed by atoms with Gasteiger partial charge in [-0.15, -0.1) is 0 Å². The van der Waals surface area contributed by atoms with Crippen molar-refractivity contribution in [2.24, 2.45) is 0 Å². The lowest BCUT2D eigenvalue weighted by molar-refractivity contribution is -0.885. The standard InChI is InChI=1S/C15H22ClN3O2/c1-4-11(2)17-15(21)18-14(20)10-19(3)9-12-5-7-13(16)8-6-12/h5-8,11H,4,9-10H2,1-3H3,(H2,17,18,20,21)/p+1/t11-/m0/s1. The van der Waals surface area contributed by atoms with Crippen LogP contribution in [0.25, 0.3) is 0 Å². The third kappa shape index (κ3) is 7.11. The van der Waals surface area contributed by atoms with E-state index in [0.29, 0.717) is 11.6 Å². The van der Waals surface area contributed by atoms with Crippen molar-refractivity contribution < 1.29 is 14.5 Å².